The summed E-state index contributed by atoms with van der Waals surface area (Å²) in [6.45, 7) is 45.5. The number of nitrogens with one attached hydrogen (secondary N) is 2. The van der Waals surface area contributed by atoms with Crippen molar-refractivity contribution in [2.24, 2.45) is 81.2 Å². The third kappa shape index (κ3) is 41.1. The van der Waals surface area contributed by atoms with Gasteiger partial charge in [0.25, 0.3) is 11.8 Å². The van der Waals surface area contributed by atoms with Crippen molar-refractivity contribution in [3.8, 4) is 46.0 Å². The fourth-order valence-corrected chi connectivity index (χ4v) is 12.7. The van der Waals surface area contributed by atoms with Crippen LogP contribution in [0, 0.1) is 71.0 Å². The Bertz CT molecular complexity index is 2640. The molecule has 2 amide bonds. The van der Waals surface area contributed by atoms with Gasteiger partial charge in [0.2, 0.25) is 11.5 Å². The molecular formula is C90H148N4O10. The Labute approximate surface area is 633 Å². The topological polar surface area (TPSA) is 157 Å². The number of ether oxygens (including phenoxy) is 8. The van der Waals surface area contributed by atoms with E-state index >= 15 is 0 Å². The van der Waals surface area contributed by atoms with Crippen molar-refractivity contribution in [2.45, 2.75) is 279 Å². The SMILES string of the molecule is CC(C)CCCC(C)CCOc1cc(C(=O)NCCOc2ccc(N=Nc3ccc(OCCNC(=O)c4cc(OCCC(C)CCCC(C)C)c(OCCC(C)CCCC(C)C)c(OCCC(C)CCCC(C)C)c4)cc3)cc2)cc(OCCC(C)CCCC(C)C)c1OCCC(C)CCCC(C)C. The van der Waals surface area contributed by atoms with Crippen LogP contribution in [-0.2, 0) is 0 Å². The minimum Gasteiger partial charge on any atom is -0.492 e. The normalized spacial score (nSPS) is 13.6. The molecule has 6 atom stereocenters. The highest BCUT2D eigenvalue weighted by Crippen LogP contribution is 2.42. The molecule has 0 aliphatic heterocycles. The van der Waals surface area contributed by atoms with Crippen molar-refractivity contribution < 1.29 is 47.5 Å². The van der Waals surface area contributed by atoms with Gasteiger partial charge in [0, 0.05) is 11.1 Å². The second-order valence-electron chi connectivity index (χ2n) is 33.4. The number of hydrogen-bond donors (Lipinski definition) is 2. The highest BCUT2D eigenvalue weighted by atomic mass is 16.5. The Morgan fingerprint density at radius 3 is 0.721 bits per heavy atom. The second kappa shape index (κ2) is 52.7. The van der Waals surface area contributed by atoms with Crippen molar-refractivity contribution >= 4 is 23.2 Å². The molecule has 588 valence electrons. The van der Waals surface area contributed by atoms with E-state index in [1.165, 1.54) is 89.9 Å². The molecule has 104 heavy (non-hydrogen) atoms. The maximum absolute atomic E-state index is 14.1. The average molecular weight is 1450 g/mol. The molecule has 0 saturated carbocycles. The van der Waals surface area contributed by atoms with E-state index in [2.05, 4.69) is 145 Å². The number of nitrogens with zero attached hydrogens (tertiary/aromatic N) is 2. The number of hydrogen-bond acceptors (Lipinski definition) is 12. The molecule has 4 aromatic carbocycles. The van der Waals surface area contributed by atoms with Gasteiger partial charge in [0.15, 0.2) is 23.0 Å². The third-order valence-electron chi connectivity index (χ3n) is 19.9. The quantitative estimate of drug-likeness (QED) is 0.0322. The van der Waals surface area contributed by atoms with Crippen LogP contribution in [-0.4, -0.2) is 77.8 Å². The van der Waals surface area contributed by atoms with E-state index < -0.39 is 0 Å². The van der Waals surface area contributed by atoms with E-state index in [0.717, 1.165) is 64.2 Å². The first-order chi connectivity index (χ1) is 49.8. The summed E-state index contributed by atoms with van der Waals surface area (Å²) in [6.07, 6.45) is 27.0. The van der Waals surface area contributed by atoms with Gasteiger partial charge in [-0.15, -0.1) is 0 Å². The molecule has 0 fully saturated rings. The van der Waals surface area contributed by atoms with E-state index in [0.29, 0.717) is 179 Å². The first-order valence-electron chi connectivity index (χ1n) is 41.4. The summed E-state index contributed by atoms with van der Waals surface area (Å²) in [5, 5.41) is 15.1. The third-order valence-corrected chi connectivity index (χ3v) is 19.9. The van der Waals surface area contributed by atoms with Crippen LogP contribution in [0.1, 0.15) is 299 Å². The summed E-state index contributed by atoms with van der Waals surface area (Å²) in [4.78, 5) is 28.1. The van der Waals surface area contributed by atoms with Gasteiger partial charge >= 0.3 is 0 Å². The lowest BCUT2D eigenvalue weighted by molar-refractivity contribution is 0.0938. The van der Waals surface area contributed by atoms with Crippen molar-refractivity contribution in [2.75, 3.05) is 65.9 Å². The minimum atomic E-state index is -0.241. The Hall–Kier alpha value is -6.18. The van der Waals surface area contributed by atoms with Gasteiger partial charge in [-0.3, -0.25) is 9.59 Å². The molecule has 0 aliphatic carbocycles. The monoisotopic (exact) mass is 1450 g/mol. The van der Waals surface area contributed by atoms with Crippen LogP contribution in [0.5, 0.6) is 46.0 Å². The summed E-state index contributed by atoms with van der Waals surface area (Å²) in [7, 11) is 0. The van der Waals surface area contributed by atoms with Crippen LogP contribution in [0.3, 0.4) is 0 Å². The molecule has 4 rings (SSSR count). The molecule has 0 radical (unpaired) electrons. The van der Waals surface area contributed by atoms with Crippen molar-refractivity contribution in [3.05, 3.63) is 83.9 Å². The molecule has 0 aromatic heterocycles. The van der Waals surface area contributed by atoms with Gasteiger partial charge < -0.3 is 48.5 Å². The van der Waals surface area contributed by atoms with Crippen LogP contribution in [0.15, 0.2) is 83.0 Å². The van der Waals surface area contributed by atoms with Gasteiger partial charge in [0.05, 0.1) is 64.1 Å². The number of carbonyl (C=O) groups excluding carboxylic acids is 2. The molecule has 0 bridgehead atoms. The standard InChI is InChI=1S/C90H148N4O10/c1-65(2)25-19-31-71(13)45-53-99-83-61-77(62-84(100-54-46-72(14)32-20-26-66(3)4)87(83)103-57-49-75(17)35-23-29-69(9)10)89(95)91-51-59-97-81-41-37-79(38-42-81)93-94-80-39-43-82(44-40-80)98-60-52-92-90(96)78-63-85(101-55-47-73(15)33-21-27-67(5)6)88(104-58-50-76(18)36-24-30-70(11)12)86(64-78)102-56-48-74(16)34-22-28-68(7)8/h37-44,61-76H,19-36,45-60H2,1-18H3,(H,91,95)(H,92,96). The maximum Gasteiger partial charge on any atom is 0.251 e. The lowest BCUT2D eigenvalue weighted by atomic mass is 9.97. The lowest BCUT2D eigenvalue weighted by Gasteiger charge is -2.21. The molecular weight excluding hydrogens is 1300 g/mol. The molecule has 4 aromatic rings. The Morgan fingerprint density at radius 1 is 0.279 bits per heavy atom. The van der Waals surface area contributed by atoms with E-state index in [-0.39, 0.29) is 38.1 Å². The van der Waals surface area contributed by atoms with Gasteiger partial charge in [-0.1, -0.05) is 240 Å². The second-order valence-corrected chi connectivity index (χ2v) is 33.4. The summed E-state index contributed by atoms with van der Waals surface area (Å²) >= 11 is 0. The van der Waals surface area contributed by atoms with Crippen molar-refractivity contribution in [3.63, 3.8) is 0 Å². The number of amides is 2. The van der Waals surface area contributed by atoms with E-state index in [1.807, 2.05) is 72.8 Å². The lowest BCUT2D eigenvalue weighted by Crippen LogP contribution is -2.28. The van der Waals surface area contributed by atoms with E-state index in [4.69, 9.17) is 37.9 Å². The fraction of sp³-hybridized carbons (Fsp3) is 0.711. The van der Waals surface area contributed by atoms with E-state index in [1.54, 1.807) is 0 Å². The number of carbonyl (C=O) groups is 2. The summed E-state index contributed by atoms with van der Waals surface area (Å²) in [5.74, 6) is 11.4. The first kappa shape index (κ1) is 90.2. The van der Waals surface area contributed by atoms with Crippen LogP contribution >= 0.6 is 0 Å². The predicted octanol–water partition coefficient (Wildman–Crippen LogP) is 25.1. The highest BCUT2D eigenvalue weighted by Gasteiger charge is 2.24. The van der Waals surface area contributed by atoms with Crippen LogP contribution in [0.4, 0.5) is 11.4 Å². The Balaban J connectivity index is 1.38. The summed E-state index contributed by atoms with van der Waals surface area (Å²) in [5.41, 5.74) is 2.22. The fourth-order valence-electron chi connectivity index (χ4n) is 12.7. The number of azo groups is 1. The summed E-state index contributed by atoms with van der Waals surface area (Å²) < 4.78 is 51.9. The molecule has 14 nitrogen and oxygen atoms in total. The first-order valence-corrected chi connectivity index (χ1v) is 41.4. The van der Waals surface area contributed by atoms with Crippen molar-refractivity contribution in [1.29, 1.82) is 0 Å². The average Bonchev–Trinajstić information content (AvgIpc) is 0.818. The number of benzene rings is 4. The summed E-state index contributed by atoms with van der Waals surface area (Å²) in [6, 6.07) is 22.1. The Morgan fingerprint density at radius 2 is 0.500 bits per heavy atom. The molecule has 2 N–H and O–H groups in total. The van der Waals surface area contributed by atoms with Gasteiger partial charge in [0.1, 0.15) is 24.7 Å². The zero-order valence-electron chi connectivity index (χ0n) is 68.9. The molecule has 6 unspecified atom stereocenters. The smallest absolute Gasteiger partial charge is 0.251 e. The molecule has 14 heteroatoms. The minimum absolute atomic E-state index is 0.241. The van der Waals surface area contributed by atoms with Gasteiger partial charge in [-0.2, -0.15) is 10.2 Å². The van der Waals surface area contributed by atoms with Crippen molar-refractivity contribution in [1.82, 2.24) is 10.6 Å². The van der Waals surface area contributed by atoms with Crippen LogP contribution in [0.25, 0.3) is 0 Å². The molecule has 0 heterocycles. The predicted molar refractivity (Wildman–Crippen MR) is 433 cm³/mol. The molecule has 0 saturated heterocycles. The zero-order chi connectivity index (χ0) is 76.0. The highest BCUT2D eigenvalue weighted by molar-refractivity contribution is 5.96. The van der Waals surface area contributed by atoms with Crippen LogP contribution < -0.4 is 48.5 Å². The van der Waals surface area contributed by atoms with Gasteiger partial charge in [-0.05, 0) is 182 Å². The maximum atomic E-state index is 14.1. The number of rotatable bonds is 60. The zero-order valence-corrected chi connectivity index (χ0v) is 68.9. The largest absolute Gasteiger partial charge is 0.492 e. The van der Waals surface area contributed by atoms with E-state index in [9.17, 15) is 9.59 Å². The molecule has 0 spiro atoms. The Kier molecular flexibility index (Phi) is 45.8. The molecule has 0 aliphatic rings. The van der Waals surface area contributed by atoms with Crippen LogP contribution in [0.2, 0.25) is 0 Å². The van der Waals surface area contributed by atoms with Gasteiger partial charge in [-0.25, -0.2) is 0 Å².